The van der Waals surface area contributed by atoms with E-state index in [2.05, 4.69) is 28.1 Å². The molecule has 0 aliphatic heterocycles. The quantitative estimate of drug-likeness (QED) is 0.695. The zero-order valence-corrected chi connectivity index (χ0v) is 12.8. The molecule has 0 N–H and O–H groups in total. The second-order valence-electron chi connectivity index (χ2n) is 4.76. The summed E-state index contributed by atoms with van der Waals surface area (Å²) in [5.74, 6) is 0.323. The van der Waals surface area contributed by atoms with Gasteiger partial charge in [-0.15, -0.1) is 0 Å². The fraction of sp³-hybridized carbons (Fsp3) is 0.235. The van der Waals surface area contributed by atoms with Crippen LogP contribution in [0.5, 0.6) is 0 Å². The molecular weight excluding hydrogens is 300 g/mol. The van der Waals surface area contributed by atoms with Crippen LogP contribution in [0.1, 0.15) is 30.6 Å². The van der Waals surface area contributed by atoms with Gasteiger partial charge in [0.2, 0.25) is 0 Å². The van der Waals surface area contributed by atoms with Gasteiger partial charge in [-0.2, -0.15) is 0 Å². The van der Waals surface area contributed by atoms with E-state index in [1.807, 2.05) is 50.2 Å². The number of hydrogen-bond donors (Lipinski definition) is 0. The smallest absolute Gasteiger partial charge is 0.165 e. The Morgan fingerprint density at radius 2 is 1.47 bits per heavy atom. The van der Waals surface area contributed by atoms with Crippen LogP contribution in [0.4, 0.5) is 0 Å². The molecule has 1 unspecified atom stereocenters. The lowest BCUT2D eigenvalue weighted by Crippen LogP contribution is -2.09. The minimum Gasteiger partial charge on any atom is -0.294 e. The zero-order chi connectivity index (χ0) is 13.8. The number of ketones is 1. The highest BCUT2D eigenvalue weighted by molar-refractivity contribution is 9.10. The molecule has 0 saturated carbocycles. The van der Waals surface area contributed by atoms with Gasteiger partial charge in [-0.05, 0) is 29.7 Å². The van der Waals surface area contributed by atoms with E-state index in [0.29, 0.717) is 0 Å². The molecule has 0 aliphatic carbocycles. The molecule has 0 saturated heterocycles. The average Bonchev–Trinajstić information content (AvgIpc) is 2.46. The van der Waals surface area contributed by atoms with E-state index in [1.54, 1.807) is 0 Å². The SMILES string of the molecule is CCC(C)C(=O)c1ccc(-c2ccc(Br)cc2)cc1. The van der Waals surface area contributed by atoms with Crippen LogP contribution >= 0.6 is 15.9 Å². The van der Waals surface area contributed by atoms with Crippen LogP contribution in [0, 0.1) is 5.92 Å². The maximum absolute atomic E-state index is 12.1. The lowest BCUT2D eigenvalue weighted by atomic mass is 9.95. The molecule has 0 bridgehead atoms. The zero-order valence-electron chi connectivity index (χ0n) is 11.2. The van der Waals surface area contributed by atoms with Crippen LogP contribution < -0.4 is 0 Å². The molecule has 0 amide bonds. The van der Waals surface area contributed by atoms with E-state index < -0.39 is 0 Å². The third-order valence-corrected chi connectivity index (χ3v) is 3.94. The summed E-state index contributed by atoms with van der Waals surface area (Å²) in [6.45, 7) is 4.02. The second-order valence-corrected chi connectivity index (χ2v) is 5.67. The van der Waals surface area contributed by atoms with Crippen molar-refractivity contribution in [2.75, 3.05) is 0 Å². The van der Waals surface area contributed by atoms with Gasteiger partial charge in [-0.1, -0.05) is 66.2 Å². The predicted octanol–water partition coefficient (Wildman–Crippen LogP) is 5.34. The first kappa shape index (κ1) is 14.0. The van der Waals surface area contributed by atoms with Crippen LogP contribution in [-0.4, -0.2) is 5.78 Å². The van der Waals surface area contributed by atoms with Gasteiger partial charge in [0.1, 0.15) is 0 Å². The summed E-state index contributed by atoms with van der Waals surface area (Å²) in [7, 11) is 0. The fourth-order valence-corrected chi connectivity index (χ4v) is 2.20. The molecule has 0 fully saturated rings. The van der Waals surface area contributed by atoms with Crippen molar-refractivity contribution in [2.24, 2.45) is 5.92 Å². The standard InChI is InChI=1S/C17H17BrO/c1-3-12(2)17(19)15-6-4-13(5-7-15)14-8-10-16(18)11-9-14/h4-12H,3H2,1-2H3. The van der Waals surface area contributed by atoms with E-state index >= 15 is 0 Å². The first-order chi connectivity index (χ1) is 9.11. The molecule has 1 atom stereocenters. The second kappa shape index (κ2) is 6.16. The highest BCUT2D eigenvalue weighted by atomic mass is 79.9. The lowest BCUT2D eigenvalue weighted by Gasteiger charge is -2.08. The predicted molar refractivity (Wildman–Crippen MR) is 83.4 cm³/mol. The molecule has 2 heteroatoms. The molecule has 2 aromatic carbocycles. The van der Waals surface area contributed by atoms with E-state index in [0.717, 1.165) is 27.6 Å². The number of carbonyl (C=O) groups is 1. The molecule has 0 heterocycles. The van der Waals surface area contributed by atoms with Crippen LogP contribution in [0.15, 0.2) is 53.0 Å². The molecule has 0 aromatic heterocycles. The Bertz CT molecular complexity index is 555. The highest BCUT2D eigenvalue weighted by Gasteiger charge is 2.12. The molecule has 2 rings (SSSR count). The topological polar surface area (TPSA) is 17.1 Å². The summed E-state index contributed by atoms with van der Waals surface area (Å²) in [6, 6.07) is 16.0. The first-order valence-electron chi connectivity index (χ1n) is 6.52. The number of rotatable bonds is 4. The Balaban J connectivity index is 2.23. The Labute approximate surface area is 122 Å². The summed E-state index contributed by atoms with van der Waals surface area (Å²) < 4.78 is 1.07. The minimum atomic E-state index is 0.0959. The fourth-order valence-electron chi connectivity index (χ4n) is 1.94. The Morgan fingerprint density at radius 3 is 1.95 bits per heavy atom. The summed E-state index contributed by atoms with van der Waals surface area (Å²) >= 11 is 3.43. The number of Topliss-reactive ketones (excluding diaryl/α,β-unsaturated/α-hetero) is 1. The number of halogens is 1. The van der Waals surface area contributed by atoms with Crippen LogP contribution in [0.2, 0.25) is 0 Å². The first-order valence-corrected chi connectivity index (χ1v) is 7.31. The van der Waals surface area contributed by atoms with E-state index in [1.165, 1.54) is 0 Å². The average molecular weight is 317 g/mol. The number of carbonyl (C=O) groups excluding carboxylic acids is 1. The highest BCUT2D eigenvalue weighted by Crippen LogP contribution is 2.23. The van der Waals surface area contributed by atoms with Crippen molar-refractivity contribution in [3.63, 3.8) is 0 Å². The molecule has 1 nitrogen and oxygen atoms in total. The normalized spacial score (nSPS) is 12.2. The summed E-state index contributed by atoms with van der Waals surface area (Å²) in [5.41, 5.74) is 3.09. The van der Waals surface area contributed by atoms with Crippen LogP contribution in [0.25, 0.3) is 11.1 Å². The minimum absolute atomic E-state index is 0.0959. The van der Waals surface area contributed by atoms with Crippen molar-refractivity contribution in [1.82, 2.24) is 0 Å². The van der Waals surface area contributed by atoms with Gasteiger partial charge in [-0.3, -0.25) is 4.79 Å². The Hall–Kier alpha value is -1.41. The van der Waals surface area contributed by atoms with Gasteiger partial charge < -0.3 is 0 Å². The Kier molecular flexibility index (Phi) is 4.54. The maximum atomic E-state index is 12.1. The number of hydrogen-bond acceptors (Lipinski definition) is 1. The molecule has 19 heavy (non-hydrogen) atoms. The van der Waals surface area contributed by atoms with E-state index in [9.17, 15) is 4.79 Å². The molecule has 2 aromatic rings. The largest absolute Gasteiger partial charge is 0.294 e. The number of benzene rings is 2. The summed E-state index contributed by atoms with van der Waals surface area (Å²) in [5, 5.41) is 0. The van der Waals surface area contributed by atoms with Crippen LogP contribution in [-0.2, 0) is 0 Å². The van der Waals surface area contributed by atoms with Crippen molar-refractivity contribution in [3.05, 3.63) is 58.6 Å². The Morgan fingerprint density at radius 1 is 1.00 bits per heavy atom. The van der Waals surface area contributed by atoms with Crippen molar-refractivity contribution in [3.8, 4) is 11.1 Å². The van der Waals surface area contributed by atoms with Gasteiger partial charge in [0.15, 0.2) is 5.78 Å². The van der Waals surface area contributed by atoms with E-state index in [4.69, 9.17) is 0 Å². The van der Waals surface area contributed by atoms with Gasteiger partial charge >= 0.3 is 0 Å². The maximum Gasteiger partial charge on any atom is 0.165 e. The molecule has 0 spiro atoms. The molecular formula is C17H17BrO. The summed E-state index contributed by atoms with van der Waals surface area (Å²) in [6.07, 6.45) is 0.882. The molecule has 98 valence electrons. The van der Waals surface area contributed by atoms with Crippen molar-refractivity contribution >= 4 is 21.7 Å². The molecule has 0 aliphatic rings. The summed E-state index contributed by atoms with van der Waals surface area (Å²) in [4.78, 5) is 12.1. The third kappa shape index (κ3) is 3.32. The van der Waals surface area contributed by atoms with Crippen molar-refractivity contribution in [2.45, 2.75) is 20.3 Å². The van der Waals surface area contributed by atoms with Crippen molar-refractivity contribution < 1.29 is 4.79 Å². The van der Waals surface area contributed by atoms with Gasteiger partial charge in [0.05, 0.1) is 0 Å². The third-order valence-electron chi connectivity index (χ3n) is 3.41. The van der Waals surface area contributed by atoms with E-state index in [-0.39, 0.29) is 11.7 Å². The van der Waals surface area contributed by atoms with Gasteiger partial charge in [0.25, 0.3) is 0 Å². The molecule has 0 radical (unpaired) electrons. The van der Waals surface area contributed by atoms with Gasteiger partial charge in [-0.25, -0.2) is 0 Å². The van der Waals surface area contributed by atoms with Crippen LogP contribution in [0.3, 0.4) is 0 Å². The lowest BCUT2D eigenvalue weighted by molar-refractivity contribution is 0.0927. The van der Waals surface area contributed by atoms with Gasteiger partial charge in [0, 0.05) is 16.0 Å². The van der Waals surface area contributed by atoms with Crippen molar-refractivity contribution in [1.29, 1.82) is 0 Å². The monoisotopic (exact) mass is 316 g/mol.